The fourth-order valence-electron chi connectivity index (χ4n) is 9.78. The van der Waals surface area contributed by atoms with E-state index in [2.05, 4.69) is 5.32 Å². The Hall–Kier alpha value is -4.38. The number of nitrogens with one attached hydrogen (secondary N) is 1. The molecule has 1 amide bonds. The summed E-state index contributed by atoms with van der Waals surface area (Å²) in [5.74, 6) is -4.27. The lowest BCUT2D eigenvalue weighted by molar-refractivity contribution is -0.365. The van der Waals surface area contributed by atoms with E-state index in [1.54, 1.807) is 90.1 Å². The zero-order chi connectivity index (χ0) is 42.7. The van der Waals surface area contributed by atoms with Crippen molar-refractivity contribution in [2.45, 2.75) is 134 Å². The van der Waals surface area contributed by atoms with E-state index in [9.17, 15) is 44.7 Å². The molecule has 3 fully saturated rings. The van der Waals surface area contributed by atoms with Crippen molar-refractivity contribution < 1.29 is 68.4 Å². The van der Waals surface area contributed by atoms with Crippen molar-refractivity contribution in [1.29, 1.82) is 0 Å². The third-order valence-electron chi connectivity index (χ3n) is 12.8. The van der Waals surface area contributed by atoms with Gasteiger partial charge >= 0.3 is 24.0 Å². The monoisotopic (exact) mass is 809 g/mol. The van der Waals surface area contributed by atoms with E-state index in [4.69, 9.17) is 23.7 Å². The molecule has 2 bridgehead atoms. The molecule has 6 N–H and O–H groups in total. The van der Waals surface area contributed by atoms with Gasteiger partial charge in [-0.1, -0.05) is 69.3 Å². The van der Waals surface area contributed by atoms with Crippen molar-refractivity contribution in [3.05, 3.63) is 82.9 Å². The Balaban J connectivity index is 1.48. The zero-order valence-corrected chi connectivity index (χ0v) is 34.0. The Morgan fingerprint density at radius 1 is 0.931 bits per heavy atom. The van der Waals surface area contributed by atoms with Crippen molar-refractivity contribution >= 4 is 24.0 Å². The van der Waals surface area contributed by atoms with Crippen LogP contribution in [0.3, 0.4) is 0 Å². The highest BCUT2D eigenvalue weighted by atomic mass is 16.6. The molecule has 6 rings (SSSR count). The van der Waals surface area contributed by atoms with Crippen molar-refractivity contribution in [3.8, 4) is 0 Å². The van der Waals surface area contributed by atoms with Crippen molar-refractivity contribution in [2.24, 2.45) is 16.7 Å². The number of aliphatic hydroxyl groups is 5. The van der Waals surface area contributed by atoms with Gasteiger partial charge in [-0.3, -0.25) is 4.79 Å². The standard InChI is InChI=1S/C43H55NO14/c1-22-26(55-37(51)32(48)30(24-15-11-9-12-16-24)44-38(52)58-39(3,4)5)20-43(53)35(56-36(50)25-17-13-10-14-18-25)33-41(8,34(49)31(47)29(22)40(43,6)7)27(46)19-28-42(33,21-54-28)57-23(2)45/h9-18,26-28,30-35,46-49,53H,19-21H2,1-8H3,(H,44,52)/t26-,27-,28+,30-,31+,32+,33-,34-,35-,41+,42-,43+/m0/s1. The van der Waals surface area contributed by atoms with Gasteiger partial charge in [-0.25, -0.2) is 14.4 Å². The van der Waals surface area contributed by atoms with Crippen LogP contribution in [0.1, 0.15) is 90.2 Å². The molecule has 0 aromatic heterocycles. The molecule has 1 heterocycles. The number of benzene rings is 2. The smallest absolute Gasteiger partial charge is 0.408 e. The molecular weight excluding hydrogens is 754 g/mol. The zero-order valence-electron chi connectivity index (χ0n) is 34.0. The number of fused-ring (bicyclic) bond motifs is 5. The van der Waals surface area contributed by atoms with Gasteiger partial charge in [-0.15, -0.1) is 0 Å². The molecule has 58 heavy (non-hydrogen) atoms. The molecule has 316 valence electrons. The molecule has 0 spiro atoms. The molecule has 0 unspecified atom stereocenters. The number of carbonyl (C=O) groups is 4. The normalized spacial score (nSPS) is 34.9. The van der Waals surface area contributed by atoms with Crippen molar-refractivity contribution in [1.82, 2.24) is 5.32 Å². The average molecular weight is 810 g/mol. The molecule has 2 saturated carbocycles. The molecule has 12 atom stereocenters. The summed E-state index contributed by atoms with van der Waals surface area (Å²) in [5.41, 5.74) is -7.58. The number of rotatable bonds is 8. The Bertz CT molecular complexity index is 1930. The second kappa shape index (κ2) is 15.3. The van der Waals surface area contributed by atoms with Crippen LogP contribution in [-0.2, 0) is 33.3 Å². The van der Waals surface area contributed by atoms with E-state index in [1.807, 2.05) is 0 Å². The van der Waals surface area contributed by atoms with E-state index in [1.165, 1.54) is 26.0 Å². The summed E-state index contributed by atoms with van der Waals surface area (Å²) in [6.45, 7) is 12.1. The first-order valence-electron chi connectivity index (χ1n) is 19.5. The Labute approximate surface area is 337 Å². The van der Waals surface area contributed by atoms with Gasteiger partial charge in [0.25, 0.3) is 0 Å². The largest absolute Gasteiger partial charge is 0.456 e. The molecule has 1 aliphatic heterocycles. The van der Waals surface area contributed by atoms with Crippen LogP contribution in [0.15, 0.2) is 71.8 Å². The van der Waals surface area contributed by atoms with Gasteiger partial charge in [-0.05, 0) is 56.5 Å². The van der Waals surface area contributed by atoms with E-state index in [0.717, 1.165) is 0 Å². The second-order valence-electron chi connectivity index (χ2n) is 17.8. The fraction of sp³-hybridized carbons (Fsp3) is 0.581. The average Bonchev–Trinajstić information content (AvgIpc) is 3.14. The molecule has 2 aromatic carbocycles. The number of alkyl carbamates (subject to hydrolysis) is 1. The first-order valence-corrected chi connectivity index (χ1v) is 19.5. The molecular formula is C43H55NO14. The lowest BCUT2D eigenvalue weighted by atomic mass is 9.44. The van der Waals surface area contributed by atoms with Crippen LogP contribution in [0.25, 0.3) is 0 Å². The fourth-order valence-corrected chi connectivity index (χ4v) is 9.78. The van der Waals surface area contributed by atoms with E-state index < -0.39 is 113 Å². The first kappa shape index (κ1) is 43.2. The van der Waals surface area contributed by atoms with Crippen molar-refractivity contribution in [2.75, 3.05) is 6.61 Å². The van der Waals surface area contributed by atoms with Gasteiger partial charge < -0.3 is 54.5 Å². The predicted octanol–water partition coefficient (Wildman–Crippen LogP) is 3.05. The summed E-state index contributed by atoms with van der Waals surface area (Å²) in [4.78, 5) is 54.0. The SMILES string of the molecule is CC(=O)O[C@@]12CO[C@@H]1C[C@H](O)[C@]1(C)[C@@H]2[C@H](OC(=O)c2ccccc2)[C@]2(O)C[C@H](OC(=O)[C@H](O)[C@@H](NC(=O)OC(C)(C)C)c3ccccc3)C(C)=C([C@@H](O)[C@@H]1O)C2(C)C. The molecule has 1 saturated heterocycles. The van der Waals surface area contributed by atoms with E-state index in [0.29, 0.717) is 5.56 Å². The first-order chi connectivity index (χ1) is 27.0. The van der Waals surface area contributed by atoms with Gasteiger partial charge in [0.15, 0.2) is 11.7 Å². The van der Waals surface area contributed by atoms with Gasteiger partial charge in [0, 0.05) is 30.6 Å². The van der Waals surface area contributed by atoms with Crippen LogP contribution in [0, 0.1) is 16.7 Å². The van der Waals surface area contributed by atoms with Crippen LogP contribution in [-0.4, -0.2) is 116 Å². The Kier molecular flexibility index (Phi) is 11.4. The number of aliphatic hydroxyl groups excluding tert-OH is 4. The third-order valence-corrected chi connectivity index (χ3v) is 12.8. The number of amides is 1. The molecule has 15 nitrogen and oxygen atoms in total. The topological polar surface area (TPSA) is 228 Å². The minimum atomic E-state index is -2.31. The minimum absolute atomic E-state index is 0.0358. The van der Waals surface area contributed by atoms with Crippen molar-refractivity contribution in [3.63, 3.8) is 0 Å². The second-order valence-corrected chi connectivity index (χ2v) is 17.8. The molecule has 2 aromatic rings. The summed E-state index contributed by atoms with van der Waals surface area (Å²) in [5, 5.41) is 64.1. The van der Waals surface area contributed by atoms with Crippen LogP contribution in [0.2, 0.25) is 0 Å². The number of carbonyl (C=O) groups excluding carboxylic acids is 4. The van der Waals surface area contributed by atoms with E-state index in [-0.39, 0.29) is 29.7 Å². The highest BCUT2D eigenvalue weighted by molar-refractivity contribution is 5.89. The molecule has 0 radical (unpaired) electrons. The van der Waals surface area contributed by atoms with Crippen LogP contribution < -0.4 is 5.32 Å². The minimum Gasteiger partial charge on any atom is -0.456 e. The predicted molar refractivity (Wildman–Crippen MR) is 205 cm³/mol. The summed E-state index contributed by atoms with van der Waals surface area (Å²) in [7, 11) is 0. The van der Waals surface area contributed by atoms with E-state index >= 15 is 0 Å². The lowest BCUT2D eigenvalue weighted by Gasteiger charge is -2.69. The third kappa shape index (κ3) is 7.19. The Morgan fingerprint density at radius 3 is 2.09 bits per heavy atom. The van der Waals surface area contributed by atoms with Crippen LogP contribution in [0.4, 0.5) is 4.79 Å². The maximum atomic E-state index is 14.1. The quantitative estimate of drug-likeness (QED) is 0.128. The number of ether oxygens (including phenoxy) is 5. The van der Waals surface area contributed by atoms with Crippen LogP contribution >= 0.6 is 0 Å². The molecule has 4 aliphatic rings. The summed E-state index contributed by atoms with van der Waals surface area (Å²) in [6, 6.07) is 14.8. The maximum absolute atomic E-state index is 14.1. The highest BCUT2D eigenvalue weighted by Crippen LogP contribution is 2.65. The number of hydrogen-bond acceptors (Lipinski definition) is 14. The number of hydrogen-bond donors (Lipinski definition) is 6. The lowest BCUT2D eigenvalue weighted by Crippen LogP contribution is -2.82. The molecule has 15 heteroatoms. The van der Waals surface area contributed by atoms with Gasteiger partial charge in [0.2, 0.25) is 0 Å². The summed E-state index contributed by atoms with van der Waals surface area (Å²) in [6.07, 6.45) is -12.8. The van der Waals surface area contributed by atoms with Gasteiger partial charge in [0.1, 0.15) is 35.6 Å². The summed E-state index contributed by atoms with van der Waals surface area (Å²) >= 11 is 0. The molecule has 3 aliphatic carbocycles. The maximum Gasteiger partial charge on any atom is 0.408 e. The number of esters is 3. The summed E-state index contributed by atoms with van der Waals surface area (Å²) < 4.78 is 29.7. The van der Waals surface area contributed by atoms with Gasteiger partial charge in [0.05, 0.1) is 36.3 Å². The highest BCUT2D eigenvalue weighted by Gasteiger charge is 2.77. The van der Waals surface area contributed by atoms with Crippen LogP contribution in [0.5, 0.6) is 0 Å². The Morgan fingerprint density at radius 2 is 1.53 bits per heavy atom. The van der Waals surface area contributed by atoms with Gasteiger partial charge in [-0.2, -0.15) is 0 Å².